The fourth-order valence-corrected chi connectivity index (χ4v) is 2.95. The molecular weight excluding hydrogens is 284 g/mol. The van der Waals surface area contributed by atoms with Gasteiger partial charge in [-0.05, 0) is 31.4 Å². The van der Waals surface area contributed by atoms with E-state index in [4.69, 9.17) is 22.7 Å². The SMILES string of the molecule is CCC1(C(=O)Nc2ccccc2OCC(N)=S)CCCC1. The lowest BCUT2D eigenvalue weighted by Crippen LogP contribution is -2.33. The average Bonchev–Trinajstić information content (AvgIpc) is 2.96. The summed E-state index contributed by atoms with van der Waals surface area (Å²) in [6.45, 7) is 2.25. The number of carbonyl (C=O) groups excluding carboxylic acids is 1. The van der Waals surface area contributed by atoms with E-state index >= 15 is 0 Å². The summed E-state index contributed by atoms with van der Waals surface area (Å²) in [5.74, 6) is 0.691. The Morgan fingerprint density at radius 2 is 2.05 bits per heavy atom. The Morgan fingerprint density at radius 3 is 2.67 bits per heavy atom. The minimum atomic E-state index is -0.226. The second-order valence-corrected chi connectivity index (χ2v) is 6.07. The van der Waals surface area contributed by atoms with Crippen LogP contribution in [-0.4, -0.2) is 17.5 Å². The number of hydrogen-bond donors (Lipinski definition) is 2. The summed E-state index contributed by atoms with van der Waals surface area (Å²) in [5, 5.41) is 3.02. The lowest BCUT2D eigenvalue weighted by molar-refractivity contribution is -0.125. The first-order valence-electron chi connectivity index (χ1n) is 7.39. The van der Waals surface area contributed by atoms with Gasteiger partial charge in [-0.25, -0.2) is 0 Å². The molecule has 5 heteroatoms. The third kappa shape index (κ3) is 3.73. The molecule has 0 radical (unpaired) electrons. The zero-order chi connectivity index (χ0) is 15.3. The van der Waals surface area contributed by atoms with Gasteiger partial charge in [-0.1, -0.05) is 44.1 Å². The Kier molecular flexibility index (Phi) is 5.17. The zero-order valence-electron chi connectivity index (χ0n) is 12.4. The quantitative estimate of drug-likeness (QED) is 0.792. The van der Waals surface area contributed by atoms with Crippen molar-refractivity contribution in [2.75, 3.05) is 11.9 Å². The highest BCUT2D eigenvalue weighted by molar-refractivity contribution is 7.80. The van der Waals surface area contributed by atoms with Crippen molar-refractivity contribution in [1.29, 1.82) is 0 Å². The number of benzene rings is 1. The van der Waals surface area contributed by atoms with Crippen LogP contribution < -0.4 is 15.8 Å². The summed E-state index contributed by atoms with van der Waals surface area (Å²) in [5.41, 5.74) is 5.91. The second-order valence-electron chi connectivity index (χ2n) is 5.55. The van der Waals surface area contributed by atoms with E-state index in [2.05, 4.69) is 12.2 Å². The predicted octanol–water partition coefficient (Wildman–Crippen LogP) is 3.26. The van der Waals surface area contributed by atoms with E-state index in [-0.39, 0.29) is 22.9 Å². The molecule has 1 saturated carbocycles. The van der Waals surface area contributed by atoms with Gasteiger partial charge in [0.05, 0.1) is 5.69 Å². The fraction of sp³-hybridized carbons (Fsp3) is 0.500. The molecule has 1 fully saturated rings. The molecule has 1 aromatic rings. The van der Waals surface area contributed by atoms with E-state index < -0.39 is 0 Å². The average molecular weight is 306 g/mol. The smallest absolute Gasteiger partial charge is 0.230 e. The maximum absolute atomic E-state index is 12.6. The summed E-state index contributed by atoms with van der Waals surface area (Å²) in [7, 11) is 0. The van der Waals surface area contributed by atoms with E-state index in [9.17, 15) is 4.79 Å². The minimum absolute atomic E-state index is 0.0916. The van der Waals surface area contributed by atoms with E-state index in [1.807, 2.05) is 18.2 Å². The highest BCUT2D eigenvalue weighted by Gasteiger charge is 2.39. The summed E-state index contributed by atoms with van der Waals surface area (Å²) in [6.07, 6.45) is 5.05. The topological polar surface area (TPSA) is 64.3 Å². The van der Waals surface area contributed by atoms with Crippen LogP contribution in [0.5, 0.6) is 5.75 Å². The third-order valence-electron chi connectivity index (χ3n) is 4.22. The summed E-state index contributed by atoms with van der Waals surface area (Å²) < 4.78 is 5.55. The predicted molar refractivity (Wildman–Crippen MR) is 88.5 cm³/mol. The summed E-state index contributed by atoms with van der Waals surface area (Å²) in [6, 6.07) is 7.37. The first kappa shape index (κ1) is 15.8. The van der Waals surface area contributed by atoms with E-state index in [1.54, 1.807) is 6.07 Å². The largest absolute Gasteiger partial charge is 0.484 e. The molecule has 1 aliphatic carbocycles. The van der Waals surface area contributed by atoms with Gasteiger partial charge in [0.25, 0.3) is 0 Å². The lowest BCUT2D eigenvalue weighted by Gasteiger charge is -2.26. The highest BCUT2D eigenvalue weighted by Crippen LogP contribution is 2.42. The summed E-state index contributed by atoms with van der Waals surface area (Å²) in [4.78, 5) is 12.9. The third-order valence-corrected chi connectivity index (χ3v) is 4.34. The van der Waals surface area contributed by atoms with Crippen molar-refractivity contribution in [1.82, 2.24) is 0 Å². The van der Waals surface area contributed by atoms with Crippen LogP contribution in [0.4, 0.5) is 5.69 Å². The zero-order valence-corrected chi connectivity index (χ0v) is 13.2. The van der Waals surface area contributed by atoms with Gasteiger partial charge in [0.2, 0.25) is 5.91 Å². The van der Waals surface area contributed by atoms with Crippen LogP contribution in [0.1, 0.15) is 39.0 Å². The Bertz CT molecular complexity index is 525. The number of para-hydroxylation sites is 2. The molecule has 114 valence electrons. The second kappa shape index (κ2) is 6.89. The molecule has 3 N–H and O–H groups in total. The number of hydrogen-bond acceptors (Lipinski definition) is 3. The van der Waals surface area contributed by atoms with Crippen molar-refractivity contribution in [2.24, 2.45) is 11.1 Å². The molecule has 0 aromatic heterocycles. The molecule has 0 spiro atoms. The highest BCUT2D eigenvalue weighted by atomic mass is 32.1. The first-order chi connectivity index (χ1) is 10.1. The molecule has 0 unspecified atom stereocenters. The normalized spacial score (nSPS) is 16.4. The van der Waals surface area contributed by atoms with Crippen molar-refractivity contribution < 1.29 is 9.53 Å². The van der Waals surface area contributed by atoms with Crippen LogP contribution in [-0.2, 0) is 4.79 Å². The number of carbonyl (C=O) groups is 1. The monoisotopic (exact) mass is 306 g/mol. The molecule has 0 saturated heterocycles. The Balaban J connectivity index is 2.11. The number of rotatable bonds is 6. The van der Waals surface area contributed by atoms with Crippen LogP contribution in [0, 0.1) is 5.41 Å². The number of ether oxygens (including phenoxy) is 1. The van der Waals surface area contributed by atoms with Crippen LogP contribution in [0.15, 0.2) is 24.3 Å². The number of thiocarbonyl (C=S) groups is 1. The number of nitrogens with two attached hydrogens (primary N) is 1. The van der Waals surface area contributed by atoms with Gasteiger partial charge in [0.1, 0.15) is 17.3 Å². The molecule has 1 amide bonds. The van der Waals surface area contributed by atoms with Crippen molar-refractivity contribution in [3.05, 3.63) is 24.3 Å². The fourth-order valence-electron chi connectivity index (χ4n) is 2.89. The molecule has 0 bridgehead atoms. The molecule has 0 heterocycles. The Labute approximate surface area is 131 Å². The summed E-state index contributed by atoms with van der Waals surface area (Å²) >= 11 is 4.82. The molecule has 0 aliphatic heterocycles. The van der Waals surface area contributed by atoms with Gasteiger partial charge in [-0.3, -0.25) is 4.79 Å². The van der Waals surface area contributed by atoms with Gasteiger partial charge in [0.15, 0.2) is 0 Å². The standard InChI is InChI=1S/C16H22N2O2S/c1-2-16(9-5-6-10-16)15(19)18-12-7-3-4-8-13(12)20-11-14(17)21/h3-4,7-8H,2,5-6,9-11H2,1H3,(H2,17,21)(H,18,19). The van der Waals surface area contributed by atoms with Gasteiger partial charge < -0.3 is 15.8 Å². The molecule has 4 nitrogen and oxygen atoms in total. The van der Waals surface area contributed by atoms with Crippen LogP contribution in [0.3, 0.4) is 0 Å². The maximum Gasteiger partial charge on any atom is 0.230 e. The molecule has 1 aliphatic rings. The van der Waals surface area contributed by atoms with Crippen molar-refractivity contribution >= 4 is 28.8 Å². The first-order valence-corrected chi connectivity index (χ1v) is 7.80. The lowest BCUT2D eigenvalue weighted by atomic mass is 9.82. The van der Waals surface area contributed by atoms with Gasteiger partial charge >= 0.3 is 0 Å². The van der Waals surface area contributed by atoms with Crippen molar-refractivity contribution in [2.45, 2.75) is 39.0 Å². The van der Waals surface area contributed by atoms with Crippen molar-refractivity contribution in [3.8, 4) is 5.75 Å². The van der Waals surface area contributed by atoms with Gasteiger partial charge in [-0.15, -0.1) is 0 Å². The van der Waals surface area contributed by atoms with E-state index in [1.165, 1.54) is 0 Å². The van der Waals surface area contributed by atoms with Gasteiger partial charge in [-0.2, -0.15) is 0 Å². The Hall–Kier alpha value is -1.62. The Morgan fingerprint density at radius 1 is 1.38 bits per heavy atom. The number of amides is 1. The molecule has 1 aromatic carbocycles. The van der Waals surface area contributed by atoms with Crippen LogP contribution in [0.2, 0.25) is 0 Å². The van der Waals surface area contributed by atoms with E-state index in [0.29, 0.717) is 11.4 Å². The molecule has 21 heavy (non-hydrogen) atoms. The van der Waals surface area contributed by atoms with Crippen molar-refractivity contribution in [3.63, 3.8) is 0 Å². The molecule has 2 rings (SSSR count). The van der Waals surface area contributed by atoms with Crippen LogP contribution in [0.25, 0.3) is 0 Å². The molecule has 0 atom stereocenters. The maximum atomic E-state index is 12.6. The number of anilines is 1. The van der Waals surface area contributed by atoms with Gasteiger partial charge in [0, 0.05) is 5.41 Å². The van der Waals surface area contributed by atoms with Crippen LogP contribution >= 0.6 is 12.2 Å². The molecular formula is C16H22N2O2S. The van der Waals surface area contributed by atoms with E-state index in [0.717, 1.165) is 32.1 Å². The number of nitrogens with one attached hydrogen (secondary N) is 1. The minimum Gasteiger partial charge on any atom is -0.484 e.